The van der Waals surface area contributed by atoms with Crippen molar-refractivity contribution >= 4 is 29.2 Å². The van der Waals surface area contributed by atoms with E-state index in [1.54, 1.807) is 0 Å². The Morgan fingerprint density at radius 2 is 2.00 bits per heavy atom. The van der Waals surface area contributed by atoms with Crippen molar-refractivity contribution in [2.45, 2.75) is 33.1 Å². The number of rotatable bonds is 7. The average molecular weight is 408 g/mol. The Morgan fingerprint density at radius 1 is 1.20 bits per heavy atom. The molecule has 4 rings (SSSR count). The summed E-state index contributed by atoms with van der Waals surface area (Å²) in [5.41, 5.74) is 3.67. The van der Waals surface area contributed by atoms with Crippen molar-refractivity contribution in [3.8, 4) is 11.1 Å². The average Bonchev–Trinajstić information content (AvgIpc) is 3.57. The molecule has 8 nitrogen and oxygen atoms in total. The lowest BCUT2D eigenvalue weighted by Gasteiger charge is -2.22. The normalized spacial score (nSPS) is 14.9. The Hall–Kier alpha value is -3.16. The molecule has 1 aromatic carbocycles. The molecular formula is C22H29N7O. The molecular weight excluding hydrogens is 378 g/mol. The van der Waals surface area contributed by atoms with Crippen LogP contribution in [0.3, 0.4) is 0 Å². The maximum atomic E-state index is 11.8. The first-order valence-electron chi connectivity index (χ1n) is 10.7. The molecule has 2 aliphatic rings. The van der Waals surface area contributed by atoms with Gasteiger partial charge in [0.05, 0.1) is 17.9 Å². The van der Waals surface area contributed by atoms with Gasteiger partial charge in [0.1, 0.15) is 5.84 Å². The fourth-order valence-corrected chi connectivity index (χ4v) is 3.51. The van der Waals surface area contributed by atoms with Gasteiger partial charge in [0.15, 0.2) is 0 Å². The molecule has 30 heavy (non-hydrogen) atoms. The van der Waals surface area contributed by atoms with Crippen LogP contribution in [0.5, 0.6) is 0 Å². The Balaban J connectivity index is 1.51. The van der Waals surface area contributed by atoms with Crippen molar-refractivity contribution in [1.29, 1.82) is 0 Å². The monoisotopic (exact) mass is 407 g/mol. The summed E-state index contributed by atoms with van der Waals surface area (Å²) in [5.74, 6) is 2.19. The first kappa shape index (κ1) is 20.1. The highest BCUT2D eigenvalue weighted by molar-refractivity contribution is 6.03. The summed E-state index contributed by atoms with van der Waals surface area (Å²) >= 11 is 0. The van der Waals surface area contributed by atoms with Gasteiger partial charge in [0.2, 0.25) is 5.95 Å². The van der Waals surface area contributed by atoms with Crippen molar-refractivity contribution in [2.75, 3.05) is 36.4 Å². The van der Waals surface area contributed by atoms with Crippen LogP contribution >= 0.6 is 0 Å². The van der Waals surface area contributed by atoms with Gasteiger partial charge in [-0.05, 0) is 49.8 Å². The van der Waals surface area contributed by atoms with Crippen LogP contribution in [0.2, 0.25) is 0 Å². The van der Waals surface area contributed by atoms with Crippen LogP contribution in [0.15, 0.2) is 35.6 Å². The SMILES string of the molecule is CCCN(CC1CC1)c1ncc(-c2ccc3c(c2)N=C(NC(=O)NCC)CN3)cn1. The van der Waals surface area contributed by atoms with Gasteiger partial charge in [-0.2, -0.15) is 0 Å². The molecule has 1 aliphatic carbocycles. The minimum absolute atomic E-state index is 0.246. The van der Waals surface area contributed by atoms with E-state index in [0.29, 0.717) is 18.9 Å². The number of amides is 2. The van der Waals surface area contributed by atoms with Gasteiger partial charge in [0.25, 0.3) is 0 Å². The van der Waals surface area contributed by atoms with Crippen LogP contribution in [0.1, 0.15) is 33.1 Å². The first-order valence-corrected chi connectivity index (χ1v) is 10.7. The Labute approximate surface area is 177 Å². The smallest absolute Gasteiger partial charge is 0.320 e. The van der Waals surface area contributed by atoms with E-state index >= 15 is 0 Å². The second-order valence-corrected chi connectivity index (χ2v) is 7.79. The molecule has 1 fully saturated rings. The molecule has 0 spiro atoms. The summed E-state index contributed by atoms with van der Waals surface area (Å²) in [5, 5.41) is 8.78. The van der Waals surface area contributed by atoms with Crippen molar-refractivity contribution in [2.24, 2.45) is 10.9 Å². The van der Waals surface area contributed by atoms with Crippen LogP contribution in [0, 0.1) is 5.92 Å². The van der Waals surface area contributed by atoms with Crippen LogP contribution < -0.4 is 20.9 Å². The lowest BCUT2D eigenvalue weighted by atomic mass is 10.1. The first-order chi connectivity index (χ1) is 14.7. The lowest BCUT2D eigenvalue weighted by Crippen LogP contribution is -2.42. The molecule has 1 aliphatic heterocycles. The predicted molar refractivity (Wildman–Crippen MR) is 120 cm³/mol. The molecule has 0 saturated heterocycles. The molecule has 2 aromatic rings. The van der Waals surface area contributed by atoms with Crippen LogP contribution in [-0.4, -0.2) is 48.0 Å². The third kappa shape index (κ3) is 4.87. The highest BCUT2D eigenvalue weighted by Gasteiger charge is 2.25. The third-order valence-corrected chi connectivity index (χ3v) is 5.22. The van der Waals surface area contributed by atoms with E-state index in [2.05, 4.69) is 42.7 Å². The molecule has 2 amide bonds. The summed E-state index contributed by atoms with van der Waals surface area (Å²) in [6, 6.07) is 5.79. The number of urea groups is 1. The number of nitrogens with zero attached hydrogens (tertiary/aromatic N) is 4. The molecule has 8 heteroatoms. The van der Waals surface area contributed by atoms with Gasteiger partial charge in [-0.15, -0.1) is 0 Å². The van der Waals surface area contributed by atoms with Gasteiger partial charge in [-0.25, -0.2) is 19.8 Å². The molecule has 1 saturated carbocycles. The maximum absolute atomic E-state index is 11.8. The number of aromatic nitrogens is 2. The Morgan fingerprint density at radius 3 is 2.70 bits per heavy atom. The molecule has 1 aromatic heterocycles. The number of amidine groups is 1. The minimum Gasteiger partial charge on any atom is -0.376 e. The summed E-state index contributed by atoms with van der Waals surface area (Å²) < 4.78 is 0. The summed E-state index contributed by atoms with van der Waals surface area (Å²) in [6.45, 7) is 7.15. The summed E-state index contributed by atoms with van der Waals surface area (Å²) in [6.07, 6.45) is 7.49. The van der Waals surface area contributed by atoms with Gasteiger partial charge >= 0.3 is 6.03 Å². The lowest BCUT2D eigenvalue weighted by molar-refractivity contribution is 0.245. The Kier molecular flexibility index (Phi) is 6.11. The molecule has 2 heterocycles. The number of hydrogen-bond acceptors (Lipinski definition) is 6. The van der Waals surface area contributed by atoms with Crippen LogP contribution in [0.4, 0.5) is 22.1 Å². The number of benzene rings is 1. The fraction of sp³-hybridized carbons (Fsp3) is 0.455. The topological polar surface area (TPSA) is 94.5 Å². The van der Waals surface area contributed by atoms with Crippen molar-refractivity contribution in [1.82, 2.24) is 20.6 Å². The zero-order chi connectivity index (χ0) is 20.9. The number of fused-ring (bicyclic) bond motifs is 1. The standard InChI is InChI=1S/C22H29N7O/c1-3-9-29(14-15-5-6-15)21-25-11-17(12-26-21)16-7-8-18-19(10-16)27-20(13-24-18)28-22(30)23-4-2/h7-8,10-12,15,24H,3-6,9,13-14H2,1-2H3,(H2,23,27,28,30). The highest BCUT2D eigenvalue weighted by Crippen LogP contribution is 2.33. The zero-order valence-corrected chi connectivity index (χ0v) is 17.6. The summed E-state index contributed by atoms with van der Waals surface area (Å²) in [7, 11) is 0. The number of carbonyl (C=O) groups is 1. The van der Waals surface area contributed by atoms with E-state index in [-0.39, 0.29) is 6.03 Å². The Bertz CT molecular complexity index is 922. The van der Waals surface area contributed by atoms with Gasteiger partial charge in [-0.3, -0.25) is 5.32 Å². The molecule has 0 radical (unpaired) electrons. The number of carbonyl (C=O) groups excluding carboxylic acids is 1. The van der Waals surface area contributed by atoms with Gasteiger partial charge in [-0.1, -0.05) is 13.0 Å². The molecule has 0 atom stereocenters. The molecule has 158 valence electrons. The second-order valence-electron chi connectivity index (χ2n) is 7.79. The third-order valence-electron chi connectivity index (χ3n) is 5.22. The van der Waals surface area contributed by atoms with E-state index in [9.17, 15) is 4.79 Å². The van der Waals surface area contributed by atoms with E-state index in [0.717, 1.165) is 53.9 Å². The molecule has 0 unspecified atom stereocenters. The quantitative estimate of drug-likeness (QED) is 0.653. The number of aliphatic imine (C=N–C) groups is 1. The number of anilines is 2. The fourth-order valence-electron chi connectivity index (χ4n) is 3.51. The van der Waals surface area contributed by atoms with E-state index in [1.165, 1.54) is 12.8 Å². The summed E-state index contributed by atoms with van der Waals surface area (Å²) in [4.78, 5) is 27.9. The van der Waals surface area contributed by atoms with Gasteiger partial charge in [0, 0.05) is 37.6 Å². The largest absolute Gasteiger partial charge is 0.376 e. The van der Waals surface area contributed by atoms with E-state index < -0.39 is 0 Å². The van der Waals surface area contributed by atoms with Crippen molar-refractivity contribution < 1.29 is 4.79 Å². The molecule has 0 bridgehead atoms. The van der Waals surface area contributed by atoms with E-state index in [1.807, 2.05) is 37.5 Å². The van der Waals surface area contributed by atoms with Gasteiger partial charge < -0.3 is 15.5 Å². The highest BCUT2D eigenvalue weighted by atomic mass is 16.2. The van der Waals surface area contributed by atoms with Crippen LogP contribution in [0.25, 0.3) is 11.1 Å². The van der Waals surface area contributed by atoms with Crippen LogP contribution in [-0.2, 0) is 0 Å². The molecule has 3 N–H and O–H groups in total. The second kappa shape index (κ2) is 9.11. The number of hydrogen-bond donors (Lipinski definition) is 3. The van der Waals surface area contributed by atoms with Crippen molar-refractivity contribution in [3.05, 3.63) is 30.6 Å². The predicted octanol–water partition coefficient (Wildman–Crippen LogP) is 3.54. The zero-order valence-electron chi connectivity index (χ0n) is 17.6. The maximum Gasteiger partial charge on any atom is 0.320 e. The van der Waals surface area contributed by atoms with E-state index in [4.69, 9.17) is 0 Å². The van der Waals surface area contributed by atoms with Crippen molar-refractivity contribution in [3.63, 3.8) is 0 Å². The minimum atomic E-state index is -0.246. The number of nitrogens with one attached hydrogen (secondary N) is 3.